The van der Waals surface area contributed by atoms with Crippen molar-refractivity contribution in [1.82, 2.24) is 0 Å². The van der Waals surface area contributed by atoms with E-state index in [1.54, 1.807) is 0 Å². The van der Waals surface area contributed by atoms with Crippen LogP contribution in [0.2, 0.25) is 0 Å². The molecular formula is C82H160O17P2. The summed E-state index contributed by atoms with van der Waals surface area (Å²) in [6.07, 6.45) is 58.2. The topological polar surface area (TPSA) is 237 Å². The highest BCUT2D eigenvalue weighted by atomic mass is 31.2. The predicted molar refractivity (Wildman–Crippen MR) is 414 cm³/mol. The van der Waals surface area contributed by atoms with Crippen molar-refractivity contribution in [2.24, 2.45) is 23.7 Å². The molecule has 0 bridgehead atoms. The van der Waals surface area contributed by atoms with Crippen molar-refractivity contribution >= 4 is 39.5 Å². The molecular weight excluding hydrogens is 1320 g/mol. The molecule has 0 aromatic rings. The van der Waals surface area contributed by atoms with Crippen LogP contribution in [0.4, 0.5) is 0 Å². The smallest absolute Gasteiger partial charge is 0.462 e. The van der Waals surface area contributed by atoms with Crippen LogP contribution in [0.15, 0.2) is 0 Å². The molecule has 101 heavy (non-hydrogen) atoms. The number of unbranched alkanes of at least 4 members (excludes halogenated alkanes) is 45. The van der Waals surface area contributed by atoms with Gasteiger partial charge in [-0.1, -0.05) is 370 Å². The SMILES string of the molecule is CC(C)CCCCCCCCCCCCCCCCCCC(=O)O[C@H](COC(=O)CCCCCCCCCCCCCCC(C)C)COP(=O)(O)OC[C@@H](O)COP(=O)(O)OC[C@@H](COC(=O)CCCCCCCCCCCC(C)C)OC(=O)CCCCCCCCCCCCCCC(C)C. The van der Waals surface area contributed by atoms with Crippen LogP contribution in [-0.2, 0) is 65.4 Å². The van der Waals surface area contributed by atoms with Gasteiger partial charge in [0, 0.05) is 25.7 Å². The number of carbonyl (C=O) groups is 4. The van der Waals surface area contributed by atoms with E-state index >= 15 is 0 Å². The lowest BCUT2D eigenvalue weighted by Gasteiger charge is -2.21. The van der Waals surface area contributed by atoms with Gasteiger partial charge >= 0.3 is 39.5 Å². The van der Waals surface area contributed by atoms with E-state index in [0.717, 1.165) is 114 Å². The van der Waals surface area contributed by atoms with E-state index in [0.29, 0.717) is 25.7 Å². The molecule has 0 rings (SSSR count). The molecule has 17 nitrogen and oxygen atoms in total. The maximum absolute atomic E-state index is 13.1. The number of phosphoric ester groups is 2. The first-order valence-corrected chi connectivity index (χ1v) is 45.2. The Balaban J connectivity index is 5.27. The molecule has 0 saturated heterocycles. The molecule has 0 amide bonds. The Morgan fingerprint density at radius 1 is 0.248 bits per heavy atom. The molecule has 0 saturated carbocycles. The zero-order valence-electron chi connectivity index (χ0n) is 66.5. The average Bonchev–Trinajstić information content (AvgIpc) is 0.953. The summed E-state index contributed by atoms with van der Waals surface area (Å²) >= 11 is 0. The highest BCUT2D eigenvalue weighted by Crippen LogP contribution is 2.45. The highest BCUT2D eigenvalue weighted by Gasteiger charge is 2.30. The second-order valence-electron chi connectivity index (χ2n) is 31.4. The van der Waals surface area contributed by atoms with Crippen LogP contribution < -0.4 is 0 Å². The molecule has 2 unspecified atom stereocenters. The first-order valence-electron chi connectivity index (χ1n) is 42.2. The minimum absolute atomic E-state index is 0.106. The molecule has 3 N–H and O–H groups in total. The van der Waals surface area contributed by atoms with Gasteiger partial charge < -0.3 is 33.8 Å². The summed E-state index contributed by atoms with van der Waals surface area (Å²) in [6.45, 7) is 14.3. The van der Waals surface area contributed by atoms with Gasteiger partial charge in [0.25, 0.3) is 0 Å². The molecule has 0 aliphatic rings. The standard InChI is InChI=1S/C82H160O17P2/c1-72(2)58-50-42-34-26-19-13-11-9-10-12-14-23-31-40-48-56-64-81(86)98-77(68-92-79(84)62-54-46-38-30-22-17-15-20-27-35-43-51-59-73(3)4)70-96-100(88,89)94-66-76(83)67-95-101(90,91)97-71-78(69-93-80(85)63-55-47-39-33-25-29-37-45-53-61-75(7)8)99-82(87)65-57-49-41-32-24-18-16-21-28-36-44-52-60-74(5)6/h72-78,83H,9-71H2,1-8H3,(H,88,89)(H,90,91)/t76-,77-,78-/m1/s1. The molecule has 0 aromatic heterocycles. The van der Waals surface area contributed by atoms with Crippen LogP contribution in [0.25, 0.3) is 0 Å². The molecule has 0 aromatic carbocycles. The first kappa shape index (κ1) is 99.1. The number of esters is 4. The van der Waals surface area contributed by atoms with Gasteiger partial charge in [-0.25, -0.2) is 9.13 Å². The number of carbonyl (C=O) groups excluding carboxylic acids is 4. The van der Waals surface area contributed by atoms with Gasteiger partial charge in [0.1, 0.15) is 19.3 Å². The zero-order valence-corrected chi connectivity index (χ0v) is 68.3. The van der Waals surface area contributed by atoms with Crippen molar-refractivity contribution in [3.8, 4) is 0 Å². The van der Waals surface area contributed by atoms with E-state index in [2.05, 4.69) is 55.4 Å². The first-order chi connectivity index (χ1) is 48.6. The summed E-state index contributed by atoms with van der Waals surface area (Å²) in [5, 5.41) is 10.7. The number of rotatable bonds is 79. The van der Waals surface area contributed by atoms with E-state index in [1.165, 1.54) is 225 Å². The summed E-state index contributed by atoms with van der Waals surface area (Å²) in [6, 6.07) is 0. The van der Waals surface area contributed by atoms with Crippen LogP contribution in [0.1, 0.15) is 421 Å². The Morgan fingerprint density at radius 2 is 0.416 bits per heavy atom. The fourth-order valence-electron chi connectivity index (χ4n) is 12.6. The summed E-state index contributed by atoms with van der Waals surface area (Å²) in [4.78, 5) is 73.1. The molecule has 0 radical (unpaired) electrons. The lowest BCUT2D eigenvalue weighted by Crippen LogP contribution is -2.30. The van der Waals surface area contributed by atoms with E-state index in [4.69, 9.17) is 37.0 Å². The average molecular weight is 1480 g/mol. The molecule has 0 aliphatic carbocycles. The van der Waals surface area contributed by atoms with Crippen LogP contribution in [-0.4, -0.2) is 96.7 Å². The summed E-state index contributed by atoms with van der Waals surface area (Å²) < 4.78 is 68.8. The normalized spacial score (nSPS) is 14.0. The summed E-state index contributed by atoms with van der Waals surface area (Å²) in [7, 11) is -9.92. The predicted octanol–water partition coefficient (Wildman–Crippen LogP) is 24.4. The van der Waals surface area contributed by atoms with Crippen molar-refractivity contribution in [3.05, 3.63) is 0 Å². The minimum atomic E-state index is -4.96. The number of phosphoric acid groups is 2. The number of ether oxygens (including phenoxy) is 4. The van der Waals surface area contributed by atoms with Gasteiger partial charge in [-0.3, -0.25) is 37.3 Å². The second-order valence-corrected chi connectivity index (χ2v) is 34.3. The summed E-state index contributed by atoms with van der Waals surface area (Å²) in [5.74, 6) is 1.000. The summed E-state index contributed by atoms with van der Waals surface area (Å²) in [5.41, 5.74) is 0. The quantitative estimate of drug-likeness (QED) is 0.0222. The monoisotopic (exact) mass is 1480 g/mol. The van der Waals surface area contributed by atoms with E-state index in [-0.39, 0.29) is 25.7 Å². The minimum Gasteiger partial charge on any atom is -0.462 e. The number of hydrogen-bond acceptors (Lipinski definition) is 15. The van der Waals surface area contributed by atoms with E-state index < -0.39 is 97.5 Å². The zero-order chi connectivity index (χ0) is 74.6. The Morgan fingerprint density at radius 3 is 0.614 bits per heavy atom. The third-order valence-electron chi connectivity index (χ3n) is 19.1. The molecule has 0 spiro atoms. The third-order valence-corrected chi connectivity index (χ3v) is 21.0. The van der Waals surface area contributed by atoms with Crippen molar-refractivity contribution in [1.29, 1.82) is 0 Å². The van der Waals surface area contributed by atoms with Crippen LogP contribution >= 0.6 is 15.6 Å². The van der Waals surface area contributed by atoms with Gasteiger partial charge in [0.15, 0.2) is 12.2 Å². The maximum atomic E-state index is 13.1. The van der Waals surface area contributed by atoms with Gasteiger partial charge in [0.05, 0.1) is 26.4 Å². The van der Waals surface area contributed by atoms with Gasteiger partial charge in [0.2, 0.25) is 0 Å². The number of aliphatic hydroxyl groups is 1. The van der Waals surface area contributed by atoms with Gasteiger partial charge in [-0.05, 0) is 49.4 Å². The van der Waals surface area contributed by atoms with Gasteiger partial charge in [-0.15, -0.1) is 0 Å². The van der Waals surface area contributed by atoms with Gasteiger partial charge in [-0.2, -0.15) is 0 Å². The van der Waals surface area contributed by atoms with Crippen LogP contribution in [0, 0.1) is 23.7 Å². The van der Waals surface area contributed by atoms with Crippen molar-refractivity contribution in [2.45, 2.75) is 440 Å². The lowest BCUT2D eigenvalue weighted by atomic mass is 10.0. The molecule has 0 fully saturated rings. The third kappa shape index (κ3) is 76.1. The Hall–Kier alpha value is -1.94. The maximum Gasteiger partial charge on any atom is 0.472 e. The Bertz CT molecular complexity index is 1970. The van der Waals surface area contributed by atoms with Crippen molar-refractivity contribution in [2.75, 3.05) is 39.6 Å². The fourth-order valence-corrected chi connectivity index (χ4v) is 14.2. The lowest BCUT2D eigenvalue weighted by molar-refractivity contribution is -0.161. The largest absolute Gasteiger partial charge is 0.472 e. The van der Waals surface area contributed by atoms with E-state index in [1.807, 2.05) is 0 Å². The molecule has 0 heterocycles. The van der Waals surface area contributed by atoms with Crippen molar-refractivity contribution < 1.29 is 80.2 Å². The molecule has 0 aliphatic heterocycles. The van der Waals surface area contributed by atoms with Crippen LogP contribution in [0.5, 0.6) is 0 Å². The molecule has 19 heteroatoms. The molecule has 5 atom stereocenters. The highest BCUT2D eigenvalue weighted by molar-refractivity contribution is 7.47. The van der Waals surface area contributed by atoms with Crippen molar-refractivity contribution in [3.63, 3.8) is 0 Å². The number of hydrogen-bond donors (Lipinski definition) is 3. The van der Waals surface area contributed by atoms with E-state index in [9.17, 15) is 43.2 Å². The molecule has 600 valence electrons. The second kappa shape index (κ2) is 71.0. The Labute approximate surface area is 619 Å². The Kier molecular flexibility index (Phi) is 69.6. The number of aliphatic hydroxyl groups excluding tert-OH is 1. The fraction of sp³-hybridized carbons (Fsp3) is 0.951. The van der Waals surface area contributed by atoms with Crippen LogP contribution in [0.3, 0.4) is 0 Å².